The van der Waals surface area contributed by atoms with E-state index >= 15 is 4.39 Å². The molecule has 1 aromatic heterocycles. The van der Waals surface area contributed by atoms with Crippen LogP contribution in [0.25, 0.3) is 0 Å². The van der Waals surface area contributed by atoms with Crippen molar-refractivity contribution >= 4 is 17.7 Å². The van der Waals surface area contributed by atoms with E-state index < -0.39 is 16.8 Å². The average molecular weight is 469 g/mol. The summed E-state index contributed by atoms with van der Waals surface area (Å²) in [5, 5.41) is 2.93. The van der Waals surface area contributed by atoms with Gasteiger partial charge < -0.3 is 15.0 Å². The fraction of sp³-hybridized carbons (Fsp3) is 0.500. The van der Waals surface area contributed by atoms with Crippen molar-refractivity contribution in [2.24, 2.45) is 0 Å². The second-order valence-corrected chi connectivity index (χ2v) is 10.1. The lowest BCUT2D eigenvalue weighted by Crippen LogP contribution is -2.50. The number of carbonyl (C=O) groups excluding carboxylic acids is 2. The largest absolute Gasteiger partial charge is 0.444 e. The van der Waals surface area contributed by atoms with Gasteiger partial charge in [-0.15, -0.1) is 0 Å². The maximum Gasteiger partial charge on any atom is 0.410 e. The second-order valence-electron chi connectivity index (χ2n) is 10.1. The lowest BCUT2D eigenvalue weighted by atomic mass is 9.74. The number of pyridine rings is 1. The first kappa shape index (κ1) is 24.1. The lowest BCUT2D eigenvalue weighted by molar-refractivity contribution is -0.120. The first-order valence-corrected chi connectivity index (χ1v) is 11.8. The maximum atomic E-state index is 15.0. The third-order valence-electron chi connectivity index (χ3n) is 6.46. The van der Waals surface area contributed by atoms with Crippen LogP contribution in [0.3, 0.4) is 0 Å². The smallest absolute Gasteiger partial charge is 0.410 e. The summed E-state index contributed by atoms with van der Waals surface area (Å²) in [6.07, 6.45) is 0.838. The average Bonchev–Trinajstić information content (AvgIpc) is 3.05. The Kier molecular flexibility index (Phi) is 6.62. The highest BCUT2D eigenvalue weighted by Crippen LogP contribution is 2.45. The monoisotopic (exact) mass is 468 g/mol. The van der Waals surface area contributed by atoms with Gasteiger partial charge in [-0.25, -0.2) is 9.18 Å². The van der Waals surface area contributed by atoms with Crippen LogP contribution < -0.4 is 5.32 Å². The number of nitrogens with zero attached hydrogens (tertiary/aromatic N) is 3. The molecule has 1 fully saturated rings. The lowest BCUT2D eigenvalue weighted by Gasteiger charge is -2.36. The van der Waals surface area contributed by atoms with E-state index in [-0.39, 0.29) is 12.0 Å². The normalized spacial score (nSPS) is 20.7. The number of carbonyl (C=O) groups is 2. The van der Waals surface area contributed by atoms with Crippen LogP contribution in [-0.4, -0.2) is 65.1 Å². The predicted molar refractivity (Wildman–Crippen MR) is 128 cm³/mol. The van der Waals surface area contributed by atoms with E-state index in [2.05, 4.69) is 15.2 Å². The van der Waals surface area contributed by atoms with Gasteiger partial charge in [0.25, 0.3) is 0 Å². The Morgan fingerprint density at radius 3 is 2.53 bits per heavy atom. The summed E-state index contributed by atoms with van der Waals surface area (Å²) in [7, 11) is 0. The van der Waals surface area contributed by atoms with Gasteiger partial charge in [0.05, 0.1) is 11.4 Å². The Hall–Kier alpha value is -3.00. The number of nitrogens with one attached hydrogen (secondary N) is 1. The molecule has 0 saturated carbocycles. The zero-order valence-corrected chi connectivity index (χ0v) is 20.4. The third-order valence-corrected chi connectivity index (χ3v) is 6.46. The molecular formula is C26H33FN4O3. The fourth-order valence-corrected chi connectivity index (χ4v) is 4.79. The Labute approximate surface area is 200 Å². The molecule has 0 aliphatic carbocycles. The predicted octanol–water partition coefficient (Wildman–Crippen LogP) is 4.10. The van der Waals surface area contributed by atoms with Crippen molar-refractivity contribution in [3.05, 3.63) is 59.2 Å². The maximum absolute atomic E-state index is 15.0. The Bertz CT molecular complexity index is 1080. The number of amides is 2. The number of halogens is 1. The third kappa shape index (κ3) is 4.78. The second kappa shape index (κ2) is 9.33. The molecule has 1 saturated heterocycles. The molecule has 7 nitrogen and oxygen atoms in total. The minimum atomic E-state index is -1.16. The molecule has 2 aromatic rings. The van der Waals surface area contributed by atoms with Crippen LogP contribution in [0.5, 0.6) is 0 Å². The van der Waals surface area contributed by atoms with E-state index in [0.29, 0.717) is 42.9 Å². The van der Waals surface area contributed by atoms with Crippen LogP contribution in [-0.2, 0) is 14.9 Å². The van der Waals surface area contributed by atoms with Gasteiger partial charge in [0, 0.05) is 37.4 Å². The Morgan fingerprint density at radius 2 is 1.85 bits per heavy atom. The number of benzene rings is 1. The number of ether oxygens (including phenoxy) is 1. The number of hydrogen-bond acceptors (Lipinski definition) is 5. The minimum absolute atomic E-state index is 0.236. The number of rotatable bonds is 5. The summed E-state index contributed by atoms with van der Waals surface area (Å²) < 4.78 is 20.5. The van der Waals surface area contributed by atoms with Gasteiger partial charge in [0.15, 0.2) is 0 Å². The van der Waals surface area contributed by atoms with Gasteiger partial charge in [0.1, 0.15) is 16.8 Å². The molecule has 0 radical (unpaired) electrons. The van der Waals surface area contributed by atoms with E-state index in [4.69, 9.17) is 4.74 Å². The van der Waals surface area contributed by atoms with Crippen LogP contribution in [0.2, 0.25) is 0 Å². The Morgan fingerprint density at radius 1 is 1.15 bits per heavy atom. The van der Waals surface area contributed by atoms with Crippen LogP contribution in [0.4, 0.5) is 14.9 Å². The van der Waals surface area contributed by atoms with E-state index in [1.807, 2.05) is 39.8 Å². The van der Waals surface area contributed by atoms with Crippen molar-refractivity contribution in [2.45, 2.75) is 51.6 Å². The summed E-state index contributed by atoms with van der Waals surface area (Å²) in [5.74, 6) is -0.639. The van der Waals surface area contributed by atoms with Crippen LogP contribution >= 0.6 is 0 Å². The molecule has 1 unspecified atom stereocenters. The van der Waals surface area contributed by atoms with Crippen molar-refractivity contribution < 1.29 is 18.7 Å². The van der Waals surface area contributed by atoms with Crippen molar-refractivity contribution in [3.8, 4) is 0 Å². The molecule has 1 aromatic carbocycles. The van der Waals surface area contributed by atoms with Gasteiger partial charge in [0.2, 0.25) is 5.91 Å². The molecule has 8 heteroatoms. The number of hydrogen-bond donors (Lipinski definition) is 1. The molecule has 2 aliphatic rings. The molecule has 34 heavy (non-hydrogen) atoms. The van der Waals surface area contributed by atoms with Crippen molar-refractivity contribution in [1.29, 1.82) is 0 Å². The summed E-state index contributed by atoms with van der Waals surface area (Å²) in [4.78, 5) is 34.3. The highest BCUT2D eigenvalue weighted by Gasteiger charge is 2.50. The van der Waals surface area contributed by atoms with Crippen molar-refractivity contribution in [3.63, 3.8) is 0 Å². The van der Waals surface area contributed by atoms with Gasteiger partial charge in [-0.1, -0.05) is 18.2 Å². The number of fused-ring (bicyclic) bond motifs is 1. The molecule has 0 spiro atoms. The van der Waals surface area contributed by atoms with E-state index in [1.54, 1.807) is 23.1 Å². The number of piperazine rings is 1. The molecule has 1 atom stereocenters. The van der Waals surface area contributed by atoms with Gasteiger partial charge >= 0.3 is 6.09 Å². The van der Waals surface area contributed by atoms with E-state index in [0.717, 1.165) is 25.3 Å². The zero-order valence-electron chi connectivity index (χ0n) is 20.4. The van der Waals surface area contributed by atoms with Crippen LogP contribution in [0.1, 0.15) is 50.6 Å². The van der Waals surface area contributed by atoms with Crippen LogP contribution in [0, 0.1) is 12.7 Å². The Balaban J connectivity index is 1.46. The molecule has 0 bridgehead atoms. The molecule has 4 rings (SSSR count). The minimum Gasteiger partial charge on any atom is -0.444 e. The molecule has 2 amide bonds. The molecule has 3 heterocycles. The highest BCUT2D eigenvalue weighted by atomic mass is 19.1. The SMILES string of the molecule is Cc1ccc2c(n1)C(CCCN1CCN(C(=O)OC(C)(C)C)CC1)(c1ccccc1F)C(=O)N2. The van der Waals surface area contributed by atoms with Crippen molar-refractivity contribution in [2.75, 3.05) is 38.0 Å². The highest BCUT2D eigenvalue weighted by molar-refractivity contribution is 6.08. The first-order chi connectivity index (χ1) is 16.1. The van der Waals surface area contributed by atoms with Crippen molar-refractivity contribution in [1.82, 2.24) is 14.8 Å². The summed E-state index contributed by atoms with van der Waals surface area (Å²) in [6.45, 7) is 10.8. The number of aromatic nitrogens is 1. The number of anilines is 1. The first-order valence-electron chi connectivity index (χ1n) is 11.8. The van der Waals surface area contributed by atoms with Gasteiger partial charge in [-0.3, -0.25) is 14.7 Å². The molecule has 182 valence electrons. The zero-order chi connectivity index (χ0) is 24.5. The van der Waals surface area contributed by atoms with Crippen LogP contribution in [0.15, 0.2) is 36.4 Å². The molecule has 1 N–H and O–H groups in total. The number of aryl methyl sites for hydroxylation is 1. The topological polar surface area (TPSA) is 74.8 Å². The van der Waals surface area contributed by atoms with Gasteiger partial charge in [-0.2, -0.15) is 0 Å². The summed E-state index contributed by atoms with van der Waals surface area (Å²) in [5.41, 5.74) is 0.709. The fourth-order valence-electron chi connectivity index (χ4n) is 4.79. The summed E-state index contributed by atoms with van der Waals surface area (Å²) >= 11 is 0. The van der Waals surface area contributed by atoms with E-state index in [1.165, 1.54) is 6.07 Å². The van der Waals surface area contributed by atoms with E-state index in [9.17, 15) is 9.59 Å². The molecular weight excluding hydrogens is 435 g/mol. The standard InChI is InChI=1S/C26H33FN4O3/c1-18-10-11-21-22(28-18)26(23(32)29-21,19-8-5-6-9-20(19)27)12-7-13-30-14-16-31(17-15-30)24(33)34-25(2,3)4/h5-6,8-11H,7,12-17H2,1-4H3,(H,29,32). The quantitative estimate of drug-likeness (QED) is 0.715. The van der Waals surface area contributed by atoms with Gasteiger partial charge in [-0.05, 0) is 65.3 Å². The molecule has 2 aliphatic heterocycles. The summed E-state index contributed by atoms with van der Waals surface area (Å²) in [6, 6.07) is 10.2.